The number of aliphatic hydroxyl groups excluding tert-OH is 1. The van der Waals surface area contributed by atoms with Crippen molar-refractivity contribution in [2.75, 3.05) is 19.6 Å². The van der Waals surface area contributed by atoms with Crippen LogP contribution in [0.4, 0.5) is 0 Å². The van der Waals surface area contributed by atoms with Crippen molar-refractivity contribution in [3.05, 3.63) is 22.4 Å². The molecule has 1 N–H and O–H groups in total. The van der Waals surface area contributed by atoms with Crippen LogP contribution in [0.15, 0.2) is 17.5 Å². The lowest BCUT2D eigenvalue weighted by Crippen LogP contribution is -2.28. The van der Waals surface area contributed by atoms with Gasteiger partial charge in [-0.3, -0.25) is 0 Å². The van der Waals surface area contributed by atoms with Crippen molar-refractivity contribution >= 4 is 11.3 Å². The predicted molar refractivity (Wildman–Crippen MR) is 84.8 cm³/mol. The summed E-state index contributed by atoms with van der Waals surface area (Å²) in [7, 11) is 0. The minimum absolute atomic E-state index is 0.282. The summed E-state index contributed by atoms with van der Waals surface area (Å²) in [5.41, 5.74) is 0. The van der Waals surface area contributed by atoms with Crippen molar-refractivity contribution in [1.29, 1.82) is 0 Å². The lowest BCUT2D eigenvalue weighted by molar-refractivity contribution is 0.143. The molecule has 0 aliphatic rings. The van der Waals surface area contributed by atoms with Crippen LogP contribution >= 0.6 is 11.3 Å². The highest BCUT2D eigenvalue weighted by Crippen LogP contribution is 2.22. The van der Waals surface area contributed by atoms with E-state index >= 15 is 0 Å². The minimum atomic E-state index is -0.282. The highest BCUT2D eigenvalue weighted by atomic mass is 32.1. The van der Waals surface area contributed by atoms with Crippen LogP contribution in [0.2, 0.25) is 0 Å². The van der Waals surface area contributed by atoms with Gasteiger partial charge in [-0.2, -0.15) is 0 Å². The molecule has 2 nitrogen and oxygen atoms in total. The van der Waals surface area contributed by atoms with Crippen LogP contribution < -0.4 is 0 Å². The standard InChI is InChI=1S/C16H29NOS/c1-3-5-7-12-17(11-6-4-2)13-10-15(18)16-9-8-14-19-16/h8-9,14-15,18H,3-7,10-13H2,1-2H3. The molecule has 0 aromatic carbocycles. The SMILES string of the molecule is CCCCCN(CCCC)CCC(O)c1cccs1. The smallest absolute Gasteiger partial charge is 0.0894 e. The lowest BCUT2D eigenvalue weighted by atomic mass is 10.2. The van der Waals surface area contributed by atoms with Gasteiger partial charge in [0.15, 0.2) is 0 Å². The van der Waals surface area contributed by atoms with Crippen LogP contribution in [0.5, 0.6) is 0 Å². The zero-order valence-corrected chi connectivity index (χ0v) is 13.3. The number of hydrogen-bond donors (Lipinski definition) is 1. The van der Waals surface area contributed by atoms with Gasteiger partial charge in [-0.1, -0.05) is 39.2 Å². The largest absolute Gasteiger partial charge is 0.388 e. The number of thiophene rings is 1. The third kappa shape index (κ3) is 7.09. The fourth-order valence-electron chi connectivity index (χ4n) is 2.23. The number of unbranched alkanes of at least 4 members (excludes halogenated alkanes) is 3. The van der Waals surface area contributed by atoms with Gasteiger partial charge in [0.05, 0.1) is 6.10 Å². The van der Waals surface area contributed by atoms with E-state index < -0.39 is 0 Å². The van der Waals surface area contributed by atoms with Crippen molar-refractivity contribution in [3.63, 3.8) is 0 Å². The predicted octanol–water partition coefficient (Wildman–Crippen LogP) is 4.46. The summed E-state index contributed by atoms with van der Waals surface area (Å²) in [6.45, 7) is 7.87. The van der Waals surface area contributed by atoms with E-state index in [4.69, 9.17) is 0 Å². The van der Waals surface area contributed by atoms with Gasteiger partial charge in [0.1, 0.15) is 0 Å². The van der Waals surface area contributed by atoms with Gasteiger partial charge in [0.2, 0.25) is 0 Å². The van der Waals surface area contributed by atoms with Crippen molar-refractivity contribution in [2.24, 2.45) is 0 Å². The molecule has 1 aromatic heterocycles. The fraction of sp³-hybridized carbons (Fsp3) is 0.750. The Morgan fingerprint density at radius 1 is 1.11 bits per heavy atom. The summed E-state index contributed by atoms with van der Waals surface area (Å²) < 4.78 is 0. The summed E-state index contributed by atoms with van der Waals surface area (Å²) in [6, 6.07) is 4.04. The number of rotatable bonds is 11. The van der Waals surface area contributed by atoms with E-state index in [1.807, 2.05) is 17.5 Å². The maximum atomic E-state index is 10.1. The van der Waals surface area contributed by atoms with E-state index in [1.165, 1.54) is 45.2 Å². The molecule has 0 aliphatic heterocycles. The molecule has 1 atom stereocenters. The molecule has 0 aliphatic carbocycles. The highest BCUT2D eigenvalue weighted by molar-refractivity contribution is 7.10. The highest BCUT2D eigenvalue weighted by Gasteiger charge is 2.11. The van der Waals surface area contributed by atoms with Crippen molar-refractivity contribution in [3.8, 4) is 0 Å². The number of aliphatic hydroxyl groups is 1. The molecule has 1 heterocycles. The topological polar surface area (TPSA) is 23.5 Å². The van der Waals surface area contributed by atoms with E-state index in [-0.39, 0.29) is 6.10 Å². The van der Waals surface area contributed by atoms with Crippen LogP contribution in [0, 0.1) is 0 Å². The van der Waals surface area contributed by atoms with Crippen molar-refractivity contribution in [2.45, 2.75) is 58.5 Å². The van der Waals surface area contributed by atoms with Gasteiger partial charge in [-0.05, 0) is 43.8 Å². The van der Waals surface area contributed by atoms with Gasteiger partial charge >= 0.3 is 0 Å². The average Bonchev–Trinajstić information content (AvgIpc) is 2.95. The molecule has 1 unspecified atom stereocenters. The Morgan fingerprint density at radius 2 is 1.84 bits per heavy atom. The second kappa shape index (κ2) is 10.4. The molecular formula is C16H29NOS. The van der Waals surface area contributed by atoms with Gasteiger partial charge in [-0.15, -0.1) is 11.3 Å². The van der Waals surface area contributed by atoms with Crippen LogP contribution in [0.3, 0.4) is 0 Å². The zero-order chi connectivity index (χ0) is 13.9. The first-order valence-corrected chi connectivity index (χ1v) is 8.59. The molecule has 0 saturated carbocycles. The molecule has 0 spiro atoms. The van der Waals surface area contributed by atoms with Crippen LogP contribution in [-0.2, 0) is 0 Å². The Balaban J connectivity index is 2.29. The molecule has 0 fully saturated rings. The maximum Gasteiger partial charge on any atom is 0.0894 e. The summed E-state index contributed by atoms with van der Waals surface area (Å²) in [4.78, 5) is 3.62. The van der Waals surface area contributed by atoms with Crippen molar-refractivity contribution < 1.29 is 5.11 Å². The Hall–Kier alpha value is -0.380. The van der Waals surface area contributed by atoms with Crippen LogP contribution in [0.25, 0.3) is 0 Å². The molecule has 110 valence electrons. The lowest BCUT2D eigenvalue weighted by Gasteiger charge is -2.23. The Bertz CT molecular complexity index is 300. The third-order valence-electron chi connectivity index (χ3n) is 3.50. The second-order valence-electron chi connectivity index (χ2n) is 5.22. The maximum absolute atomic E-state index is 10.1. The minimum Gasteiger partial charge on any atom is -0.388 e. The second-order valence-corrected chi connectivity index (χ2v) is 6.20. The molecule has 0 saturated heterocycles. The third-order valence-corrected chi connectivity index (χ3v) is 4.47. The molecule has 1 rings (SSSR count). The normalized spacial score (nSPS) is 13.1. The number of hydrogen-bond acceptors (Lipinski definition) is 3. The molecule has 3 heteroatoms. The molecule has 0 amide bonds. The molecule has 0 bridgehead atoms. The van der Waals surface area contributed by atoms with E-state index in [1.54, 1.807) is 11.3 Å². The summed E-state index contributed by atoms with van der Waals surface area (Å²) in [5.74, 6) is 0. The Kier molecular flexibility index (Phi) is 9.14. The number of nitrogens with zero attached hydrogens (tertiary/aromatic N) is 1. The van der Waals surface area contributed by atoms with Gasteiger partial charge in [0.25, 0.3) is 0 Å². The van der Waals surface area contributed by atoms with E-state index in [0.29, 0.717) is 0 Å². The zero-order valence-electron chi connectivity index (χ0n) is 12.5. The Morgan fingerprint density at radius 3 is 2.47 bits per heavy atom. The molecular weight excluding hydrogens is 254 g/mol. The molecule has 19 heavy (non-hydrogen) atoms. The van der Waals surface area contributed by atoms with Gasteiger partial charge in [-0.25, -0.2) is 0 Å². The quantitative estimate of drug-likeness (QED) is 0.606. The summed E-state index contributed by atoms with van der Waals surface area (Å²) in [5, 5.41) is 12.2. The van der Waals surface area contributed by atoms with E-state index in [9.17, 15) is 5.11 Å². The van der Waals surface area contributed by atoms with Crippen LogP contribution in [-0.4, -0.2) is 29.6 Å². The monoisotopic (exact) mass is 283 g/mol. The Labute approximate surface area is 122 Å². The van der Waals surface area contributed by atoms with Gasteiger partial charge in [0, 0.05) is 11.4 Å². The first kappa shape index (κ1) is 16.7. The van der Waals surface area contributed by atoms with E-state index in [2.05, 4.69) is 18.7 Å². The van der Waals surface area contributed by atoms with Gasteiger partial charge < -0.3 is 10.0 Å². The summed E-state index contributed by atoms with van der Waals surface area (Å²) in [6.07, 6.45) is 6.97. The summed E-state index contributed by atoms with van der Waals surface area (Å²) >= 11 is 1.65. The first-order chi connectivity index (χ1) is 9.27. The van der Waals surface area contributed by atoms with E-state index in [0.717, 1.165) is 17.8 Å². The average molecular weight is 283 g/mol. The van der Waals surface area contributed by atoms with Crippen LogP contribution in [0.1, 0.15) is 63.4 Å². The first-order valence-electron chi connectivity index (χ1n) is 7.71. The van der Waals surface area contributed by atoms with Crippen molar-refractivity contribution in [1.82, 2.24) is 4.90 Å². The fourth-order valence-corrected chi connectivity index (χ4v) is 2.98. The molecule has 1 aromatic rings. The molecule has 0 radical (unpaired) electrons.